The van der Waals surface area contributed by atoms with Gasteiger partial charge in [0.05, 0.1) is 13.2 Å². The van der Waals surface area contributed by atoms with Gasteiger partial charge >= 0.3 is 18.9 Å². The van der Waals surface area contributed by atoms with Crippen LogP contribution in [0.5, 0.6) is 0 Å². The summed E-state index contributed by atoms with van der Waals surface area (Å²) in [7, 11) is 0. The molecule has 3 heteroatoms. The molecule has 0 heterocycles. The topological polar surface area (TPSA) is 40.5 Å². The zero-order valence-electron chi connectivity index (χ0n) is 4.31. The molecule has 0 aromatic rings. The van der Waals surface area contributed by atoms with E-state index in [4.69, 9.17) is 10.2 Å². The summed E-state index contributed by atoms with van der Waals surface area (Å²) in [6.45, 7) is -0.250. The molecule has 28 valence electrons. The Morgan fingerprint density at radius 3 is 1.40 bits per heavy atom. The summed E-state index contributed by atoms with van der Waals surface area (Å²) >= 11 is 0. The van der Waals surface area contributed by atoms with Crippen molar-refractivity contribution in [2.45, 2.75) is 0 Å². The molecule has 0 amide bonds. The summed E-state index contributed by atoms with van der Waals surface area (Å²) in [5.41, 5.74) is 0. The molecule has 0 saturated carbocycles. The van der Waals surface area contributed by atoms with Gasteiger partial charge in [0, 0.05) is 0 Å². The van der Waals surface area contributed by atoms with Crippen molar-refractivity contribution in [2.24, 2.45) is 0 Å². The van der Waals surface area contributed by atoms with Crippen LogP contribution in [0.3, 0.4) is 0 Å². The van der Waals surface area contributed by atoms with E-state index in [1.165, 1.54) is 0 Å². The van der Waals surface area contributed by atoms with E-state index in [1.807, 2.05) is 0 Å². The molecule has 2 nitrogen and oxygen atoms in total. The molecule has 2 N–H and O–H groups in total. The van der Waals surface area contributed by atoms with Crippen molar-refractivity contribution in [2.75, 3.05) is 13.2 Å². The van der Waals surface area contributed by atoms with Gasteiger partial charge in [-0.15, -0.1) is 0 Å². The van der Waals surface area contributed by atoms with Gasteiger partial charge in [0.1, 0.15) is 0 Å². The van der Waals surface area contributed by atoms with Crippen LogP contribution in [0.2, 0.25) is 0 Å². The molecule has 0 fully saturated rings. The van der Waals surface area contributed by atoms with Crippen molar-refractivity contribution in [1.82, 2.24) is 0 Å². The zero-order valence-corrected chi connectivity index (χ0v) is 3.31. The fourth-order valence-electron chi connectivity index (χ4n) is 0. The first-order valence-corrected chi connectivity index (χ1v) is 1.13. The third-order valence-electron chi connectivity index (χ3n) is 0.1000. The van der Waals surface area contributed by atoms with Crippen molar-refractivity contribution in [3.05, 3.63) is 0 Å². The summed E-state index contributed by atoms with van der Waals surface area (Å²) in [4.78, 5) is 0. The maximum absolute atomic E-state index is 7.62. The van der Waals surface area contributed by atoms with Crippen LogP contribution < -0.4 is 18.9 Å². The van der Waals surface area contributed by atoms with Gasteiger partial charge < -0.3 is 11.6 Å². The molecule has 0 atom stereocenters. The summed E-state index contributed by atoms with van der Waals surface area (Å²) in [5, 5.41) is 15.2. The molecular weight excluding hydrogens is 63.0 g/mol. The van der Waals surface area contributed by atoms with E-state index in [-0.39, 0.29) is 33.5 Å². The second kappa shape index (κ2) is 8.82. The Bertz CT molecular complexity index is 13.5. The number of rotatable bonds is 1. The Balaban J connectivity index is -0.0000000450. The first kappa shape index (κ1) is 9.10. The fraction of sp³-hybridized carbons (Fsp3) is 1.00. The fourth-order valence-corrected chi connectivity index (χ4v) is 0. The molecule has 0 aliphatic carbocycles. The summed E-state index contributed by atoms with van der Waals surface area (Å²) < 4.78 is 0. The molecule has 0 aliphatic heterocycles. The predicted molar refractivity (Wildman–Crippen MR) is 15.3 cm³/mol. The van der Waals surface area contributed by atoms with Crippen molar-refractivity contribution < 1.29 is 30.5 Å². The molecule has 0 spiro atoms. The largest absolute Gasteiger partial charge is 1.00 e. The minimum absolute atomic E-state index is 0. The van der Waals surface area contributed by atoms with Gasteiger partial charge in [0.25, 0.3) is 0 Å². The predicted octanol–water partition coefficient (Wildman–Crippen LogP) is -3.91. The average molecular weight is 70.0 g/mol. The third kappa shape index (κ3) is 12.4. The smallest absolute Gasteiger partial charge is 1.00 e. The monoisotopic (exact) mass is 70.1 g/mol. The summed E-state index contributed by atoms with van der Waals surface area (Å²) in [5.74, 6) is 0. The Morgan fingerprint density at radius 1 is 1.20 bits per heavy atom. The van der Waals surface area contributed by atoms with Gasteiger partial charge in [-0.1, -0.05) is 0 Å². The maximum atomic E-state index is 7.62. The van der Waals surface area contributed by atoms with Crippen molar-refractivity contribution in [3.63, 3.8) is 0 Å². The Labute approximate surface area is 44.5 Å². The van der Waals surface area contributed by atoms with E-state index < -0.39 is 0 Å². The van der Waals surface area contributed by atoms with E-state index in [2.05, 4.69) is 0 Å². The van der Waals surface area contributed by atoms with Gasteiger partial charge in [-0.2, -0.15) is 0 Å². The van der Waals surface area contributed by atoms with E-state index in [0.29, 0.717) is 0 Å². The van der Waals surface area contributed by atoms with Crippen LogP contribution in [0, 0.1) is 0 Å². The molecule has 0 bridgehead atoms. The van der Waals surface area contributed by atoms with Crippen LogP contribution in [0.4, 0.5) is 0 Å². The standard InChI is InChI=1S/C2H6O2.Li.H/c3-1-2-4;;/h3-4H,1-2H2;;/q;+1;-1. The van der Waals surface area contributed by atoms with Crippen LogP contribution in [0.25, 0.3) is 0 Å². The maximum Gasteiger partial charge on any atom is 1.00 e. The number of aliphatic hydroxyl groups is 2. The number of hydrogen-bond acceptors (Lipinski definition) is 2. The van der Waals surface area contributed by atoms with Gasteiger partial charge in [0.15, 0.2) is 0 Å². The molecule has 0 saturated heterocycles. The van der Waals surface area contributed by atoms with Crippen LogP contribution in [0.15, 0.2) is 0 Å². The van der Waals surface area contributed by atoms with Crippen molar-refractivity contribution in [3.8, 4) is 0 Å². The minimum atomic E-state index is -0.125. The normalized spacial score (nSPS) is 6.00. The van der Waals surface area contributed by atoms with Crippen molar-refractivity contribution in [1.29, 1.82) is 0 Å². The van der Waals surface area contributed by atoms with E-state index >= 15 is 0 Å². The van der Waals surface area contributed by atoms with Gasteiger partial charge in [-0.25, -0.2) is 0 Å². The first-order chi connectivity index (χ1) is 1.91. The second-order valence-electron chi connectivity index (χ2n) is 0.447. The molecule has 0 aliphatic rings. The summed E-state index contributed by atoms with van der Waals surface area (Å²) in [6, 6.07) is 0. The Kier molecular flexibility index (Phi) is 16.1. The zero-order chi connectivity index (χ0) is 3.41. The third-order valence-corrected chi connectivity index (χ3v) is 0.1000. The molecular formula is C2H7LiO2. The summed E-state index contributed by atoms with van der Waals surface area (Å²) in [6.07, 6.45) is 0. The molecule has 0 unspecified atom stereocenters. The molecule has 0 aromatic carbocycles. The van der Waals surface area contributed by atoms with Crippen LogP contribution in [-0.4, -0.2) is 23.4 Å². The van der Waals surface area contributed by atoms with E-state index in [0.717, 1.165) is 0 Å². The molecule has 0 radical (unpaired) electrons. The van der Waals surface area contributed by atoms with Gasteiger partial charge in [-0.3, -0.25) is 0 Å². The molecule has 5 heavy (non-hydrogen) atoms. The number of hydrogen-bond donors (Lipinski definition) is 2. The molecule has 0 aromatic heterocycles. The van der Waals surface area contributed by atoms with Crippen LogP contribution in [0.1, 0.15) is 1.43 Å². The van der Waals surface area contributed by atoms with Gasteiger partial charge in [0.2, 0.25) is 0 Å². The average Bonchev–Trinajstić information content (AvgIpc) is 1.37. The number of aliphatic hydroxyl groups excluding tert-OH is 2. The van der Waals surface area contributed by atoms with Gasteiger partial charge in [-0.05, 0) is 0 Å². The SMILES string of the molecule is OCCO.[H-].[Li+]. The Hall–Kier alpha value is 0.517. The minimum Gasteiger partial charge on any atom is -1.00 e. The van der Waals surface area contributed by atoms with Crippen LogP contribution in [-0.2, 0) is 0 Å². The van der Waals surface area contributed by atoms with E-state index in [9.17, 15) is 0 Å². The van der Waals surface area contributed by atoms with E-state index in [1.54, 1.807) is 0 Å². The van der Waals surface area contributed by atoms with Crippen molar-refractivity contribution >= 4 is 0 Å². The second-order valence-corrected chi connectivity index (χ2v) is 0.447. The Morgan fingerprint density at radius 2 is 1.40 bits per heavy atom. The molecule has 0 rings (SSSR count). The van der Waals surface area contributed by atoms with Crippen LogP contribution >= 0.6 is 0 Å². The quantitative estimate of drug-likeness (QED) is 0.309. The first-order valence-electron chi connectivity index (χ1n) is 1.13.